The lowest BCUT2D eigenvalue weighted by atomic mass is 10.2. The van der Waals surface area contributed by atoms with Gasteiger partial charge in [-0.05, 0) is 12.8 Å². The SMILES string of the molecule is CCCOCCC(=O)c1c(OC)cnn1CCC. The molecule has 0 fully saturated rings. The van der Waals surface area contributed by atoms with Crippen LogP contribution in [0.3, 0.4) is 0 Å². The maximum atomic E-state index is 12.1. The Balaban J connectivity index is 2.67. The average molecular weight is 254 g/mol. The Morgan fingerprint density at radius 2 is 2.11 bits per heavy atom. The number of ketones is 1. The third-order valence-corrected chi connectivity index (χ3v) is 2.55. The molecule has 1 rings (SSSR count). The first-order chi connectivity index (χ1) is 8.74. The molecule has 0 aliphatic rings. The Hall–Kier alpha value is -1.36. The maximum absolute atomic E-state index is 12.1. The largest absolute Gasteiger partial charge is 0.493 e. The third-order valence-electron chi connectivity index (χ3n) is 2.55. The number of carbonyl (C=O) groups excluding carboxylic acids is 1. The van der Waals surface area contributed by atoms with Crippen LogP contribution in [0.2, 0.25) is 0 Å². The lowest BCUT2D eigenvalue weighted by Gasteiger charge is -2.07. The molecule has 102 valence electrons. The summed E-state index contributed by atoms with van der Waals surface area (Å²) in [4.78, 5) is 12.1. The van der Waals surface area contributed by atoms with Crippen LogP contribution >= 0.6 is 0 Å². The highest BCUT2D eigenvalue weighted by molar-refractivity contribution is 5.97. The van der Waals surface area contributed by atoms with Crippen molar-refractivity contribution >= 4 is 5.78 Å². The van der Waals surface area contributed by atoms with E-state index < -0.39 is 0 Å². The van der Waals surface area contributed by atoms with Gasteiger partial charge in [0, 0.05) is 19.6 Å². The summed E-state index contributed by atoms with van der Waals surface area (Å²) in [6.45, 7) is 5.96. The van der Waals surface area contributed by atoms with Crippen LogP contribution in [-0.4, -0.2) is 35.9 Å². The number of hydrogen-bond donors (Lipinski definition) is 0. The molecule has 1 aromatic heterocycles. The number of aryl methyl sites for hydroxylation is 1. The first kappa shape index (κ1) is 14.7. The van der Waals surface area contributed by atoms with E-state index in [-0.39, 0.29) is 5.78 Å². The molecular weight excluding hydrogens is 232 g/mol. The van der Waals surface area contributed by atoms with Gasteiger partial charge in [0.25, 0.3) is 0 Å². The Morgan fingerprint density at radius 3 is 2.72 bits per heavy atom. The van der Waals surface area contributed by atoms with Crippen LogP contribution in [0, 0.1) is 0 Å². The highest BCUT2D eigenvalue weighted by Gasteiger charge is 2.18. The van der Waals surface area contributed by atoms with Crippen molar-refractivity contribution in [2.24, 2.45) is 0 Å². The van der Waals surface area contributed by atoms with E-state index in [1.807, 2.05) is 13.8 Å². The zero-order valence-electron chi connectivity index (χ0n) is 11.4. The molecule has 1 aromatic rings. The van der Waals surface area contributed by atoms with E-state index in [2.05, 4.69) is 5.10 Å². The van der Waals surface area contributed by atoms with Crippen molar-refractivity contribution in [1.29, 1.82) is 0 Å². The minimum absolute atomic E-state index is 0.0221. The van der Waals surface area contributed by atoms with E-state index >= 15 is 0 Å². The number of carbonyl (C=O) groups is 1. The summed E-state index contributed by atoms with van der Waals surface area (Å²) in [5.74, 6) is 0.567. The predicted octanol–water partition coefficient (Wildman–Crippen LogP) is 2.30. The third kappa shape index (κ3) is 3.84. The normalized spacial score (nSPS) is 10.6. The van der Waals surface area contributed by atoms with Crippen molar-refractivity contribution in [3.63, 3.8) is 0 Å². The van der Waals surface area contributed by atoms with Crippen molar-refractivity contribution in [2.75, 3.05) is 20.3 Å². The monoisotopic (exact) mass is 254 g/mol. The first-order valence-corrected chi connectivity index (χ1v) is 6.45. The second-order valence-electron chi connectivity index (χ2n) is 4.07. The summed E-state index contributed by atoms with van der Waals surface area (Å²) >= 11 is 0. The number of Topliss-reactive ketones (excluding diaryl/α,β-unsaturated/α-hetero) is 1. The molecule has 0 aromatic carbocycles. The molecule has 0 aliphatic carbocycles. The number of rotatable bonds is 9. The van der Waals surface area contributed by atoms with Crippen LogP contribution in [0.5, 0.6) is 5.75 Å². The fraction of sp³-hybridized carbons (Fsp3) is 0.692. The number of aromatic nitrogens is 2. The molecule has 1 heterocycles. The van der Waals surface area contributed by atoms with Gasteiger partial charge in [-0.1, -0.05) is 13.8 Å². The molecule has 0 radical (unpaired) electrons. The van der Waals surface area contributed by atoms with Crippen LogP contribution in [0.1, 0.15) is 43.6 Å². The molecular formula is C13H22N2O3. The summed E-state index contributed by atoms with van der Waals surface area (Å²) in [6.07, 6.45) is 3.85. The standard InChI is InChI=1S/C13H22N2O3/c1-4-7-15-13(12(17-3)10-14-15)11(16)6-9-18-8-5-2/h10H,4-9H2,1-3H3. The molecule has 0 amide bonds. The van der Waals surface area contributed by atoms with Gasteiger partial charge in [0.2, 0.25) is 0 Å². The van der Waals surface area contributed by atoms with Crippen molar-refractivity contribution in [2.45, 2.75) is 39.7 Å². The Morgan fingerprint density at radius 1 is 1.33 bits per heavy atom. The summed E-state index contributed by atoms with van der Waals surface area (Å²) in [7, 11) is 1.55. The number of hydrogen-bond acceptors (Lipinski definition) is 4. The van der Waals surface area contributed by atoms with E-state index in [0.29, 0.717) is 31.1 Å². The highest BCUT2D eigenvalue weighted by Crippen LogP contribution is 2.19. The van der Waals surface area contributed by atoms with E-state index in [1.54, 1.807) is 18.0 Å². The maximum Gasteiger partial charge on any atom is 0.186 e. The summed E-state index contributed by atoms with van der Waals surface area (Å²) in [5, 5.41) is 4.17. The topological polar surface area (TPSA) is 53.4 Å². The van der Waals surface area contributed by atoms with Gasteiger partial charge in [0.1, 0.15) is 5.69 Å². The van der Waals surface area contributed by atoms with Crippen LogP contribution in [0.15, 0.2) is 6.20 Å². The van der Waals surface area contributed by atoms with E-state index in [9.17, 15) is 4.79 Å². The minimum atomic E-state index is 0.0221. The van der Waals surface area contributed by atoms with Crippen LogP contribution < -0.4 is 4.74 Å². The molecule has 0 saturated heterocycles. The van der Waals surface area contributed by atoms with Crippen molar-refractivity contribution in [3.8, 4) is 5.75 Å². The summed E-state index contributed by atoms with van der Waals surface area (Å²) < 4.78 is 12.2. The molecule has 5 nitrogen and oxygen atoms in total. The Bertz CT molecular complexity index is 374. The van der Waals surface area contributed by atoms with Gasteiger partial charge in [0.05, 0.1) is 19.9 Å². The van der Waals surface area contributed by atoms with Gasteiger partial charge in [-0.25, -0.2) is 0 Å². The van der Waals surface area contributed by atoms with Crippen molar-refractivity contribution in [3.05, 3.63) is 11.9 Å². The second kappa shape index (κ2) is 7.87. The van der Waals surface area contributed by atoms with Gasteiger partial charge in [-0.15, -0.1) is 0 Å². The van der Waals surface area contributed by atoms with Gasteiger partial charge < -0.3 is 9.47 Å². The number of methoxy groups -OCH3 is 1. The molecule has 0 N–H and O–H groups in total. The van der Waals surface area contributed by atoms with Gasteiger partial charge in [-0.3, -0.25) is 9.48 Å². The van der Waals surface area contributed by atoms with Crippen LogP contribution in [0.4, 0.5) is 0 Å². The molecule has 18 heavy (non-hydrogen) atoms. The predicted molar refractivity (Wildman–Crippen MR) is 69.1 cm³/mol. The second-order valence-corrected chi connectivity index (χ2v) is 4.07. The fourth-order valence-corrected chi connectivity index (χ4v) is 1.71. The molecule has 5 heteroatoms. The van der Waals surface area contributed by atoms with Crippen molar-refractivity contribution in [1.82, 2.24) is 9.78 Å². The van der Waals surface area contributed by atoms with Crippen LogP contribution in [-0.2, 0) is 11.3 Å². The Kier molecular flexibility index (Phi) is 6.43. The van der Waals surface area contributed by atoms with Crippen molar-refractivity contribution < 1.29 is 14.3 Å². The lowest BCUT2D eigenvalue weighted by molar-refractivity contribution is 0.0866. The number of nitrogens with zero attached hydrogens (tertiary/aromatic N) is 2. The van der Waals surface area contributed by atoms with E-state index in [1.165, 1.54) is 0 Å². The lowest BCUT2D eigenvalue weighted by Crippen LogP contribution is -2.13. The highest BCUT2D eigenvalue weighted by atomic mass is 16.5. The Labute approximate surface area is 108 Å². The molecule has 0 aliphatic heterocycles. The smallest absolute Gasteiger partial charge is 0.186 e. The molecule has 0 saturated carbocycles. The van der Waals surface area contributed by atoms with Gasteiger partial charge in [0.15, 0.2) is 11.5 Å². The summed E-state index contributed by atoms with van der Waals surface area (Å²) in [5.41, 5.74) is 0.555. The molecule has 0 atom stereocenters. The molecule has 0 spiro atoms. The van der Waals surface area contributed by atoms with Crippen LogP contribution in [0.25, 0.3) is 0 Å². The van der Waals surface area contributed by atoms with Gasteiger partial charge >= 0.3 is 0 Å². The summed E-state index contributed by atoms with van der Waals surface area (Å²) in [6, 6.07) is 0. The number of ether oxygens (including phenoxy) is 2. The quantitative estimate of drug-likeness (QED) is 0.501. The zero-order valence-corrected chi connectivity index (χ0v) is 11.4. The van der Waals surface area contributed by atoms with E-state index in [4.69, 9.17) is 9.47 Å². The first-order valence-electron chi connectivity index (χ1n) is 6.45. The van der Waals surface area contributed by atoms with Gasteiger partial charge in [-0.2, -0.15) is 5.10 Å². The molecule has 0 bridgehead atoms. The van der Waals surface area contributed by atoms with E-state index in [0.717, 1.165) is 19.4 Å². The molecule has 0 unspecified atom stereocenters. The average Bonchev–Trinajstić information content (AvgIpc) is 2.78. The fourth-order valence-electron chi connectivity index (χ4n) is 1.71. The zero-order chi connectivity index (χ0) is 13.4. The minimum Gasteiger partial charge on any atom is -0.493 e.